The van der Waals surface area contributed by atoms with Gasteiger partial charge in [0.05, 0.1) is 36.9 Å². The summed E-state index contributed by atoms with van der Waals surface area (Å²) in [6, 6.07) is 11.0. The third-order valence-electron chi connectivity index (χ3n) is 24.4. The molecule has 134 heavy (non-hydrogen) atoms. The fraction of sp³-hybridized carbons (Fsp3) is 0.495. The number of aliphatic hydroxyl groups excluding tert-OH is 1. The predicted molar refractivity (Wildman–Crippen MR) is 485 cm³/mol. The highest BCUT2D eigenvalue weighted by Gasteiger charge is 2.56. The number of H-pyrrole nitrogens is 1. The Kier molecular flexibility index (Phi) is 37.8. The van der Waals surface area contributed by atoms with Crippen LogP contribution in [0.15, 0.2) is 128 Å². The van der Waals surface area contributed by atoms with Gasteiger partial charge in [-0.15, -0.1) is 11.8 Å². The van der Waals surface area contributed by atoms with Gasteiger partial charge in [0.25, 0.3) is 0 Å². The van der Waals surface area contributed by atoms with Crippen LogP contribution in [0.25, 0.3) is 10.9 Å². The van der Waals surface area contributed by atoms with Gasteiger partial charge in [-0.05, 0) is 116 Å². The molecule has 0 saturated carbocycles. The molecule has 16 atom stereocenters. The summed E-state index contributed by atoms with van der Waals surface area (Å²) in [5.74, 6) is -22.2. The second-order valence-corrected chi connectivity index (χ2v) is 35.5. The number of primary amides is 1. The minimum atomic E-state index is -1.91. The van der Waals surface area contributed by atoms with Crippen molar-refractivity contribution in [1.29, 1.82) is 0 Å². The Morgan fingerprint density at radius 2 is 1.18 bits per heavy atom. The van der Waals surface area contributed by atoms with E-state index in [1.54, 1.807) is 110 Å². The molecule has 724 valence electrons. The molecule has 14 amide bonds. The number of nitrogens with two attached hydrogens (primary N) is 2. The molecule has 0 radical (unpaired) electrons. The molecule has 0 bridgehead atoms. The van der Waals surface area contributed by atoms with Crippen LogP contribution in [0.4, 0.5) is 13.2 Å². The van der Waals surface area contributed by atoms with Gasteiger partial charge in [-0.3, -0.25) is 76.8 Å². The summed E-state index contributed by atoms with van der Waals surface area (Å²) < 4.78 is 56.9. The van der Waals surface area contributed by atoms with Crippen LogP contribution in [0.3, 0.4) is 0 Å². The number of epoxide rings is 1. The predicted octanol–water partition coefficient (Wildman–Crippen LogP) is 0.759. The molecule has 4 aliphatic heterocycles. The number of rotatable bonds is 25. The van der Waals surface area contributed by atoms with Crippen LogP contribution in [0, 0.1) is 23.4 Å². The van der Waals surface area contributed by atoms with Gasteiger partial charge in [0.1, 0.15) is 84.5 Å². The lowest BCUT2D eigenvalue weighted by Crippen LogP contribution is -2.61. The molecule has 0 aliphatic carbocycles. The molecule has 41 heteroatoms. The summed E-state index contributed by atoms with van der Waals surface area (Å²) in [6.07, 6.45) is -3.35. The maximum absolute atomic E-state index is 15.7. The van der Waals surface area contributed by atoms with Crippen molar-refractivity contribution in [2.45, 2.75) is 214 Å². The Morgan fingerprint density at radius 3 is 1.81 bits per heavy atom. The van der Waals surface area contributed by atoms with Crippen molar-refractivity contribution < 1.29 is 110 Å². The molecule has 4 fully saturated rings. The lowest BCUT2D eigenvalue weighted by molar-refractivity contribution is -0.152. The number of ether oxygens (including phenoxy) is 2. The zero-order valence-electron chi connectivity index (χ0n) is 75.7. The number of hydrogen-bond acceptors (Lipinski definition) is 22. The number of methoxy groups -OCH3 is 1. The summed E-state index contributed by atoms with van der Waals surface area (Å²) >= 11 is 0.664. The standard InChI is InChI=1S/C93H120F3N17O20S/c1-8-9-27-71-91(130)112-35-19-28-70(112)86(125)106-67(45-77(118)119)85(124)108-79(51(2)3)92(131)110(5)72(41-52-20-12-10-13-21-52)87(126)102-63(26-18-34-97)80-93(133-80)113-48-58(115)44-73(113)88(127)105-66(43-56-46-99-62-25-17-16-24-59(56)62)84(123)104-65(39-54-29-31-57(114)32-30-54)83(122)103-64(33-36-132-7)82(121)107-69(81(120)100-47-75(98)116)49-134-50-76(117)101-68(40-55-37-60(94)78(96)61(95)38-55)89(128)111(6)74(90(129)109(71)4)42-53-22-14-11-15-23-53/h10-17,20-25,29-32,37-38,46,51,58,63-74,79-80,93,99,114-115H,8-9,18-19,26-28,33-36,39-45,47-50,97H2,1-7H3,(H2,98,116)(H,100,120)(H,101,117)(H,102,126)(H,103,122)(H,104,123)(H,105,127)(H,106,125)(H,107,121)(H,108,124)(H,118,119)/t58-,63+,64+,65+,66+,67+,68+,69+,70-,71+,72?,73-,74?,79+,80?,93?/m1/s1. The van der Waals surface area contributed by atoms with Crippen LogP contribution in [0.2, 0.25) is 0 Å². The third kappa shape index (κ3) is 28.0. The first-order valence-electron chi connectivity index (χ1n) is 44.7. The maximum atomic E-state index is 15.7. The van der Waals surface area contributed by atoms with E-state index in [0.29, 0.717) is 76.3 Å². The zero-order valence-corrected chi connectivity index (χ0v) is 76.5. The number of carboxylic acid groups (broad SMARTS) is 1. The Morgan fingerprint density at radius 1 is 0.604 bits per heavy atom. The number of benzene rings is 5. The van der Waals surface area contributed by atoms with Gasteiger partial charge in [0, 0.05) is 103 Å². The van der Waals surface area contributed by atoms with Crippen molar-refractivity contribution in [3.05, 3.63) is 173 Å². The van der Waals surface area contributed by atoms with Crippen molar-refractivity contribution in [2.24, 2.45) is 17.4 Å². The Balaban J connectivity index is 1.04. The Hall–Kier alpha value is -12.6. The Bertz CT molecular complexity index is 5140. The van der Waals surface area contributed by atoms with Gasteiger partial charge in [0.15, 0.2) is 17.5 Å². The number of aromatic nitrogens is 1. The number of aromatic hydroxyl groups is 1. The fourth-order valence-corrected chi connectivity index (χ4v) is 17.8. The number of amides is 14. The lowest BCUT2D eigenvalue weighted by atomic mass is 9.98. The molecule has 10 rings (SSSR count). The van der Waals surface area contributed by atoms with Crippen LogP contribution in [-0.2, 0) is 113 Å². The first-order valence-corrected chi connectivity index (χ1v) is 45.8. The highest BCUT2D eigenvalue weighted by Crippen LogP contribution is 2.37. The number of aromatic amines is 1. The molecule has 0 spiro atoms. The van der Waals surface area contributed by atoms with E-state index in [4.69, 9.17) is 20.9 Å². The first kappa shape index (κ1) is 104. The van der Waals surface area contributed by atoms with Gasteiger partial charge < -0.3 is 109 Å². The normalized spacial score (nSPS) is 25.6. The number of fused-ring (bicyclic) bond motifs is 5. The molecule has 4 aliphatic rings. The van der Waals surface area contributed by atoms with E-state index in [1.165, 1.54) is 57.4 Å². The number of phenols is 1. The largest absolute Gasteiger partial charge is 0.508 e. The number of halogens is 3. The minimum Gasteiger partial charge on any atom is -0.508 e. The number of likely N-dealkylation sites (N-methyl/N-ethyl adjacent to an activating group) is 3. The fourth-order valence-electron chi connectivity index (χ4n) is 17.0. The second kappa shape index (κ2) is 48.9. The molecule has 6 aromatic rings. The molecule has 5 heterocycles. The lowest BCUT2D eigenvalue weighted by Gasteiger charge is -2.38. The van der Waals surface area contributed by atoms with Crippen molar-refractivity contribution in [3.63, 3.8) is 0 Å². The summed E-state index contributed by atoms with van der Waals surface area (Å²) in [5, 5.41) is 57.0. The molecule has 1 aromatic heterocycles. The van der Waals surface area contributed by atoms with Gasteiger partial charge in [-0.1, -0.05) is 125 Å². The average molecular weight is 1890 g/mol. The van der Waals surface area contributed by atoms with Crippen molar-refractivity contribution in [2.75, 3.05) is 72.5 Å². The number of para-hydroxylation sites is 1. The van der Waals surface area contributed by atoms with E-state index in [-0.39, 0.29) is 102 Å². The quantitative estimate of drug-likeness (QED) is 0.0278. The average Bonchev–Trinajstić information content (AvgIpc) is 1.60. The van der Waals surface area contributed by atoms with E-state index in [1.807, 2.05) is 6.92 Å². The number of unbranched alkanes of at least 4 members (excludes halogenated alkanes) is 1. The van der Waals surface area contributed by atoms with Crippen LogP contribution < -0.4 is 59.3 Å². The van der Waals surface area contributed by atoms with Crippen LogP contribution >= 0.6 is 11.8 Å². The number of carbonyl (C=O) groups excluding carboxylic acids is 14. The Labute approximate surface area is 777 Å². The number of aliphatic carboxylic acids is 1. The highest BCUT2D eigenvalue weighted by atomic mass is 32.2. The first-order chi connectivity index (χ1) is 64.0. The van der Waals surface area contributed by atoms with Crippen LogP contribution in [-0.4, -0.2) is 303 Å². The molecule has 37 nitrogen and oxygen atoms in total. The van der Waals surface area contributed by atoms with Gasteiger partial charge >= 0.3 is 5.97 Å². The number of carboxylic acids is 1. The minimum absolute atomic E-state index is 0.0260. The molecule has 4 unspecified atom stereocenters. The second-order valence-electron chi connectivity index (χ2n) is 34.5. The zero-order chi connectivity index (χ0) is 97.3. The van der Waals surface area contributed by atoms with Gasteiger partial charge in [-0.2, -0.15) is 0 Å². The summed E-state index contributed by atoms with van der Waals surface area (Å²) in [4.78, 5) is 231. The number of nitrogens with one attached hydrogen (secondary N) is 10. The monoisotopic (exact) mass is 1880 g/mol. The van der Waals surface area contributed by atoms with Crippen LogP contribution in [0.5, 0.6) is 5.75 Å². The molecular weight excluding hydrogens is 1760 g/mol. The number of aliphatic hydroxyl groups is 1. The summed E-state index contributed by atoms with van der Waals surface area (Å²) in [7, 11) is 5.14. The van der Waals surface area contributed by atoms with E-state index >= 15 is 47.1 Å². The summed E-state index contributed by atoms with van der Waals surface area (Å²) in [5.41, 5.74) is 13.8. The number of carbonyl (C=O) groups is 15. The number of nitrogens with zero attached hydrogens (tertiary/aromatic N) is 5. The van der Waals surface area contributed by atoms with Crippen molar-refractivity contribution >= 4 is 111 Å². The topological polar surface area (TPSA) is 531 Å². The van der Waals surface area contributed by atoms with E-state index in [0.717, 1.165) is 14.7 Å². The molecule has 5 aromatic carbocycles. The molecule has 17 N–H and O–H groups in total. The molecular formula is C93H120F3N17O20S. The number of thioether (sulfide) groups is 1. The number of phenolic OH excluding ortho intramolecular Hbond substituents is 1. The summed E-state index contributed by atoms with van der Waals surface area (Å²) in [6.45, 7) is 3.88. The van der Waals surface area contributed by atoms with Gasteiger partial charge in [-0.25, -0.2) is 13.2 Å². The highest BCUT2D eigenvalue weighted by molar-refractivity contribution is 8.00. The van der Waals surface area contributed by atoms with E-state index in [9.17, 15) is 53.3 Å². The van der Waals surface area contributed by atoms with Crippen molar-refractivity contribution in [1.82, 2.24) is 77.3 Å². The van der Waals surface area contributed by atoms with Crippen molar-refractivity contribution in [3.8, 4) is 5.75 Å². The van der Waals surface area contributed by atoms with Crippen LogP contribution in [0.1, 0.15) is 113 Å². The number of hydrogen-bond donors (Lipinski definition) is 15. The van der Waals surface area contributed by atoms with Gasteiger partial charge in [0.2, 0.25) is 82.7 Å². The maximum Gasteiger partial charge on any atom is 0.305 e. The van der Waals surface area contributed by atoms with E-state index in [2.05, 4.69) is 52.8 Å². The van der Waals surface area contributed by atoms with E-state index < -0.39 is 240 Å². The third-order valence-corrected chi connectivity index (χ3v) is 25.4. The smallest absolute Gasteiger partial charge is 0.305 e. The SMILES string of the molecule is CCCC[C@H]1C(=O)N2CCC[C@@H]2C(=O)N[C@@H](CC(=O)O)C(=O)N[C@@H](C(C)C)C(=O)N(C)C(Cc2ccccc2)C(=O)N[C@@H](CCCN)C2OC2N2C[C@H](O)C[C@@H]2C(=O)N[C@@H](Cc2c[nH]c3ccccc23)C(=O)N[C@@H](Cc2ccc(O)cc2)C(=O)N[C@@H](CCOC)C(=O)N[C@H](C(=O)NCC(N)=O)CSCC(=O)N[C@@H](Cc2cc(F)c(F)c(F)c2)C(=O)N(C)C(Cc2ccccc2)C(=O)N1C. The molecule has 4 saturated heterocycles.